The highest BCUT2D eigenvalue weighted by Gasteiger charge is 2.22. The number of carbonyl (C=O) groups is 2. The van der Waals surface area contributed by atoms with Gasteiger partial charge in [-0.05, 0) is 49.2 Å². The minimum atomic E-state index is -0.240. The molecule has 0 aliphatic carbocycles. The smallest absolute Gasteiger partial charge is 0.221 e. The van der Waals surface area contributed by atoms with Crippen molar-refractivity contribution in [3.05, 3.63) is 59.9 Å². The number of aromatic amines is 1. The number of Topliss-reactive ketones (excluding diaryl/α,β-unsaturated/α-hetero) is 1. The number of benzene rings is 2. The quantitative estimate of drug-likeness (QED) is 0.527. The van der Waals surface area contributed by atoms with E-state index in [0.717, 1.165) is 22.6 Å². The van der Waals surface area contributed by atoms with Crippen LogP contribution in [0.15, 0.2) is 48.5 Å². The minimum Gasteiger partial charge on any atom is -0.494 e. The molecule has 0 bridgehead atoms. The molecule has 0 saturated heterocycles. The number of fused-ring (bicyclic) bond motifs is 1. The average Bonchev–Trinajstić information content (AvgIpc) is 3.14. The molecule has 1 amide bonds. The molecule has 3 rings (SSSR count). The van der Waals surface area contributed by atoms with E-state index in [2.05, 4.69) is 15.3 Å². The highest BCUT2D eigenvalue weighted by atomic mass is 16.5. The van der Waals surface area contributed by atoms with Crippen molar-refractivity contribution in [2.75, 3.05) is 6.61 Å². The van der Waals surface area contributed by atoms with Crippen LogP contribution in [0.3, 0.4) is 0 Å². The van der Waals surface area contributed by atoms with Crippen LogP contribution >= 0.6 is 0 Å². The van der Waals surface area contributed by atoms with Gasteiger partial charge in [0.25, 0.3) is 0 Å². The summed E-state index contributed by atoms with van der Waals surface area (Å²) in [5, 5.41) is 3.02. The number of imidazole rings is 1. The maximum absolute atomic E-state index is 12.5. The summed E-state index contributed by atoms with van der Waals surface area (Å²) in [6.45, 7) is 6.55. The van der Waals surface area contributed by atoms with E-state index < -0.39 is 0 Å². The minimum absolute atomic E-state index is 0.0620. The summed E-state index contributed by atoms with van der Waals surface area (Å²) in [7, 11) is 0. The molecule has 0 saturated carbocycles. The normalized spacial score (nSPS) is 12.1. The molecule has 2 aromatic carbocycles. The standard InChI is InChI=1S/C23H27N3O3/c1-4-29-17-11-9-16(10-12-17)20(27)13-14-21(28)26-22(15(2)3)23-24-18-7-5-6-8-19(18)25-23/h5-12,15,22H,4,13-14H2,1-3H3,(H,24,25)(H,26,28). The number of ketones is 1. The number of nitrogens with zero attached hydrogens (tertiary/aromatic N) is 1. The Morgan fingerprint density at radius 1 is 1.07 bits per heavy atom. The number of amides is 1. The van der Waals surface area contributed by atoms with E-state index in [1.165, 1.54) is 0 Å². The zero-order valence-corrected chi connectivity index (χ0v) is 17.1. The van der Waals surface area contributed by atoms with Crippen LogP contribution in [0.4, 0.5) is 0 Å². The lowest BCUT2D eigenvalue weighted by Gasteiger charge is -2.20. The number of H-pyrrole nitrogens is 1. The summed E-state index contributed by atoms with van der Waals surface area (Å²) in [5.74, 6) is 1.39. The second-order valence-corrected chi connectivity index (χ2v) is 7.31. The maximum atomic E-state index is 12.5. The fourth-order valence-corrected chi connectivity index (χ4v) is 3.19. The van der Waals surface area contributed by atoms with Gasteiger partial charge in [-0.25, -0.2) is 4.98 Å². The van der Waals surface area contributed by atoms with Crippen LogP contribution in [-0.2, 0) is 4.79 Å². The van der Waals surface area contributed by atoms with Gasteiger partial charge in [-0.15, -0.1) is 0 Å². The Labute approximate surface area is 170 Å². The lowest BCUT2D eigenvalue weighted by Crippen LogP contribution is -2.32. The van der Waals surface area contributed by atoms with Crippen LogP contribution in [0.5, 0.6) is 5.75 Å². The molecule has 2 N–H and O–H groups in total. The molecule has 1 aromatic heterocycles. The molecule has 6 heteroatoms. The van der Waals surface area contributed by atoms with Gasteiger partial charge in [0.1, 0.15) is 11.6 Å². The molecule has 0 fully saturated rings. The fraction of sp³-hybridized carbons (Fsp3) is 0.348. The Hall–Kier alpha value is -3.15. The third-order valence-electron chi connectivity index (χ3n) is 4.75. The Kier molecular flexibility index (Phi) is 6.65. The second-order valence-electron chi connectivity index (χ2n) is 7.31. The Bertz CT molecular complexity index is 943. The number of hydrogen-bond acceptors (Lipinski definition) is 4. The summed E-state index contributed by atoms with van der Waals surface area (Å²) in [5.41, 5.74) is 2.39. The zero-order valence-electron chi connectivity index (χ0n) is 17.1. The second kappa shape index (κ2) is 9.37. The summed E-state index contributed by atoms with van der Waals surface area (Å²) >= 11 is 0. The van der Waals surface area contributed by atoms with Crippen LogP contribution < -0.4 is 10.1 Å². The van der Waals surface area contributed by atoms with E-state index in [4.69, 9.17) is 4.74 Å². The van der Waals surface area contributed by atoms with E-state index in [0.29, 0.717) is 12.2 Å². The highest BCUT2D eigenvalue weighted by molar-refractivity contribution is 5.98. The predicted molar refractivity (Wildman–Crippen MR) is 113 cm³/mol. The molecule has 0 radical (unpaired) electrons. The number of ether oxygens (including phenoxy) is 1. The molecule has 3 aromatic rings. The van der Waals surface area contributed by atoms with Gasteiger partial charge in [-0.1, -0.05) is 26.0 Å². The SMILES string of the molecule is CCOc1ccc(C(=O)CCC(=O)NC(c2nc3ccccc3[nH]2)C(C)C)cc1. The van der Waals surface area contributed by atoms with E-state index in [1.54, 1.807) is 24.3 Å². The van der Waals surface area contributed by atoms with Crippen LogP contribution in [0.2, 0.25) is 0 Å². The first-order valence-electron chi connectivity index (χ1n) is 9.98. The molecule has 152 valence electrons. The maximum Gasteiger partial charge on any atom is 0.221 e. The molecule has 1 unspecified atom stereocenters. The van der Waals surface area contributed by atoms with Crippen molar-refractivity contribution in [2.45, 2.75) is 39.7 Å². The molecule has 1 atom stereocenters. The largest absolute Gasteiger partial charge is 0.494 e. The summed E-state index contributed by atoms with van der Waals surface area (Å²) < 4.78 is 5.38. The zero-order chi connectivity index (χ0) is 20.8. The summed E-state index contributed by atoms with van der Waals surface area (Å²) in [6.07, 6.45) is 0.292. The molecule has 0 spiro atoms. The van der Waals surface area contributed by atoms with Crippen molar-refractivity contribution in [3.8, 4) is 5.75 Å². The number of para-hydroxylation sites is 2. The van der Waals surface area contributed by atoms with Crippen molar-refractivity contribution in [1.82, 2.24) is 15.3 Å². The van der Waals surface area contributed by atoms with E-state index >= 15 is 0 Å². The Morgan fingerprint density at radius 3 is 2.45 bits per heavy atom. The van der Waals surface area contributed by atoms with Crippen LogP contribution in [0, 0.1) is 5.92 Å². The van der Waals surface area contributed by atoms with Crippen molar-refractivity contribution in [3.63, 3.8) is 0 Å². The third kappa shape index (κ3) is 5.22. The molecule has 29 heavy (non-hydrogen) atoms. The first-order chi connectivity index (χ1) is 14.0. The number of rotatable bonds is 9. The Morgan fingerprint density at radius 2 is 1.79 bits per heavy atom. The van der Waals surface area contributed by atoms with Gasteiger partial charge in [-0.2, -0.15) is 0 Å². The van der Waals surface area contributed by atoms with Crippen molar-refractivity contribution < 1.29 is 14.3 Å². The van der Waals surface area contributed by atoms with Gasteiger partial charge in [0.2, 0.25) is 5.91 Å². The lowest BCUT2D eigenvalue weighted by molar-refractivity contribution is -0.122. The number of nitrogens with one attached hydrogen (secondary N) is 2. The molecule has 6 nitrogen and oxygen atoms in total. The van der Waals surface area contributed by atoms with Crippen molar-refractivity contribution >= 4 is 22.7 Å². The summed E-state index contributed by atoms with van der Waals surface area (Å²) in [4.78, 5) is 32.8. The van der Waals surface area contributed by atoms with E-state index in [1.807, 2.05) is 45.0 Å². The average molecular weight is 393 g/mol. The number of aromatic nitrogens is 2. The summed E-state index contributed by atoms with van der Waals surface area (Å²) in [6, 6.07) is 14.5. The molecule has 0 aliphatic heterocycles. The van der Waals surface area contributed by atoms with Crippen molar-refractivity contribution in [1.29, 1.82) is 0 Å². The van der Waals surface area contributed by atoms with Gasteiger partial charge in [0, 0.05) is 18.4 Å². The lowest BCUT2D eigenvalue weighted by atomic mass is 10.0. The first-order valence-corrected chi connectivity index (χ1v) is 9.98. The molecule has 0 aliphatic rings. The highest BCUT2D eigenvalue weighted by Crippen LogP contribution is 2.22. The van der Waals surface area contributed by atoms with Gasteiger partial charge in [0.05, 0.1) is 23.7 Å². The third-order valence-corrected chi connectivity index (χ3v) is 4.75. The number of carbonyl (C=O) groups excluding carboxylic acids is 2. The van der Waals surface area contributed by atoms with Crippen LogP contribution in [0.25, 0.3) is 11.0 Å². The first kappa shape index (κ1) is 20.6. The van der Waals surface area contributed by atoms with E-state index in [-0.39, 0.29) is 36.5 Å². The van der Waals surface area contributed by atoms with Gasteiger partial charge in [0.15, 0.2) is 5.78 Å². The molecular weight excluding hydrogens is 366 g/mol. The molecular formula is C23H27N3O3. The van der Waals surface area contributed by atoms with Crippen LogP contribution in [0.1, 0.15) is 55.8 Å². The van der Waals surface area contributed by atoms with E-state index in [9.17, 15) is 9.59 Å². The predicted octanol–water partition coefficient (Wildman–Crippen LogP) is 4.44. The Balaban J connectivity index is 1.59. The van der Waals surface area contributed by atoms with Gasteiger partial charge < -0.3 is 15.0 Å². The van der Waals surface area contributed by atoms with Gasteiger partial charge >= 0.3 is 0 Å². The topological polar surface area (TPSA) is 84.1 Å². The number of hydrogen-bond donors (Lipinski definition) is 2. The van der Waals surface area contributed by atoms with Crippen LogP contribution in [-0.4, -0.2) is 28.3 Å². The monoisotopic (exact) mass is 393 g/mol. The fourth-order valence-electron chi connectivity index (χ4n) is 3.19. The molecule has 1 heterocycles. The van der Waals surface area contributed by atoms with Crippen molar-refractivity contribution in [2.24, 2.45) is 5.92 Å². The van der Waals surface area contributed by atoms with Gasteiger partial charge in [-0.3, -0.25) is 9.59 Å².